The van der Waals surface area contributed by atoms with E-state index in [1.54, 1.807) is 25.1 Å². The van der Waals surface area contributed by atoms with Gasteiger partial charge in [-0.1, -0.05) is 23.7 Å². The third-order valence-corrected chi connectivity index (χ3v) is 3.85. The molecule has 0 saturated carbocycles. The van der Waals surface area contributed by atoms with Crippen LogP contribution in [0, 0.1) is 6.92 Å². The van der Waals surface area contributed by atoms with Crippen LogP contribution in [0.1, 0.15) is 18.1 Å². The Bertz CT molecular complexity index is 837. The largest absolute Gasteiger partial charge is 0.416 e. The molecule has 0 heterocycles. The lowest BCUT2D eigenvalue weighted by Crippen LogP contribution is -2.37. The Hall–Kier alpha value is -2.54. The summed E-state index contributed by atoms with van der Waals surface area (Å²) in [5.74, 6) is -1.02. The van der Waals surface area contributed by atoms with Gasteiger partial charge < -0.3 is 10.2 Å². The van der Waals surface area contributed by atoms with Gasteiger partial charge in [-0.05, 0) is 42.8 Å². The number of anilines is 2. The fourth-order valence-electron chi connectivity index (χ4n) is 2.36. The highest BCUT2D eigenvalue weighted by molar-refractivity contribution is 6.31. The van der Waals surface area contributed by atoms with Crippen molar-refractivity contribution in [3.05, 3.63) is 58.6 Å². The molecule has 26 heavy (non-hydrogen) atoms. The van der Waals surface area contributed by atoms with Crippen molar-refractivity contribution in [3.8, 4) is 0 Å². The molecule has 0 aliphatic heterocycles. The van der Waals surface area contributed by atoms with E-state index in [2.05, 4.69) is 5.32 Å². The maximum atomic E-state index is 12.7. The minimum absolute atomic E-state index is 0.00357. The molecule has 0 spiro atoms. The van der Waals surface area contributed by atoms with Gasteiger partial charge in [0.2, 0.25) is 11.8 Å². The number of benzene rings is 2. The molecule has 0 aliphatic carbocycles. The van der Waals surface area contributed by atoms with Crippen molar-refractivity contribution in [1.82, 2.24) is 0 Å². The zero-order valence-corrected chi connectivity index (χ0v) is 14.8. The van der Waals surface area contributed by atoms with Crippen LogP contribution in [0.2, 0.25) is 5.02 Å². The summed E-state index contributed by atoms with van der Waals surface area (Å²) in [6, 6.07) is 9.20. The number of rotatable bonds is 4. The van der Waals surface area contributed by atoms with Gasteiger partial charge in [-0.3, -0.25) is 9.59 Å². The molecular weight excluding hydrogens is 369 g/mol. The van der Waals surface area contributed by atoms with Gasteiger partial charge in [0.05, 0.1) is 5.56 Å². The lowest BCUT2D eigenvalue weighted by molar-refractivity contribution is -0.137. The van der Waals surface area contributed by atoms with Crippen molar-refractivity contribution in [2.24, 2.45) is 0 Å². The molecule has 2 aromatic carbocycles. The first-order valence-corrected chi connectivity index (χ1v) is 7.97. The molecule has 0 atom stereocenters. The molecule has 0 bridgehead atoms. The van der Waals surface area contributed by atoms with Gasteiger partial charge in [-0.25, -0.2) is 0 Å². The number of nitrogens with zero attached hydrogens (tertiary/aromatic N) is 1. The fourth-order valence-corrected chi connectivity index (χ4v) is 2.52. The summed E-state index contributed by atoms with van der Waals surface area (Å²) in [6.07, 6.45) is -4.51. The summed E-state index contributed by atoms with van der Waals surface area (Å²) in [5.41, 5.74) is 0.321. The molecule has 2 aromatic rings. The highest BCUT2D eigenvalue weighted by atomic mass is 35.5. The van der Waals surface area contributed by atoms with E-state index in [-0.39, 0.29) is 12.2 Å². The van der Waals surface area contributed by atoms with Gasteiger partial charge in [-0.15, -0.1) is 0 Å². The number of nitrogens with one attached hydrogen (secondary N) is 1. The van der Waals surface area contributed by atoms with Crippen LogP contribution >= 0.6 is 11.6 Å². The van der Waals surface area contributed by atoms with Crippen molar-refractivity contribution in [1.29, 1.82) is 0 Å². The van der Waals surface area contributed by atoms with Crippen molar-refractivity contribution in [2.75, 3.05) is 16.8 Å². The summed E-state index contributed by atoms with van der Waals surface area (Å²) in [7, 11) is 0. The monoisotopic (exact) mass is 384 g/mol. The minimum Gasteiger partial charge on any atom is -0.325 e. The molecule has 0 fully saturated rings. The highest BCUT2D eigenvalue weighted by Crippen LogP contribution is 2.30. The molecule has 2 amide bonds. The van der Waals surface area contributed by atoms with Gasteiger partial charge in [0.15, 0.2) is 0 Å². The third kappa shape index (κ3) is 4.98. The number of aryl methyl sites for hydroxylation is 1. The summed E-state index contributed by atoms with van der Waals surface area (Å²) in [5, 5.41) is 2.78. The number of carbonyl (C=O) groups is 2. The third-order valence-electron chi connectivity index (χ3n) is 3.62. The average molecular weight is 385 g/mol. The lowest BCUT2D eigenvalue weighted by atomic mass is 10.1. The summed E-state index contributed by atoms with van der Waals surface area (Å²) < 4.78 is 38.2. The molecular formula is C18H16ClF3N2O2. The molecule has 0 saturated heterocycles. The molecule has 0 radical (unpaired) electrons. The molecule has 0 unspecified atom stereocenters. The van der Waals surface area contributed by atoms with Crippen molar-refractivity contribution in [2.45, 2.75) is 20.0 Å². The summed E-state index contributed by atoms with van der Waals surface area (Å²) in [6.45, 7) is 2.69. The van der Waals surface area contributed by atoms with E-state index in [0.29, 0.717) is 10.7 Å². The lowest BCUT2D eigenvalue weighted by Gasteiger charge is -2.23. The van der Waals surface area contributed by atoms with E-state index in [4.69, 9.17) is 11.6 Å². The zero-order chi connectivity index (χ0) is 19.5. The topological polar surface area (TPSA) is 49.4 Å². The zero-order valence-electron chi connectivity index (χ0n) is 14.0. The normalized spacial score (nSPS) is 11.2. The smallest absolute Gasteiger partial charge is 0.325 e. The number of alkyl halides is 3. The Balaban J connectivity index is 2.19. The van der Waals surface area contributed by atoms with E-state index in [1.807, 2.05) is 0 Å². The minimum atomic E-state index is -4.51. The van der Waals surface area contributed by atoms with Crippen molar-refractivity contribution < 1.29 is 22.8 Å². The predicted octanol–water partition coefficient (Wildman–Crippen LogP) is 4.66. The number of hydrogen-bond donors (Lipinski definition) is 1. The van der Waals surface area contributed by atoms with Crippen LogP contribution in [-0.4, -0.2) is 18.4 Å². The van der Waals surface area contributed by atoms with E-state index < -0.39 is 23.6 Å². The van der Waals surface area contributed by atoms with Crippen LogP contribution in [-0.2, 0) is 15.8 Å². The quantitative estimate of drug-likeness (QED) is 0.833. The average Bonchev–Trinajstić information content (AvgIpc) is 2.54. The van der Waals surface area contributed by atoms with Crippen LogP contribution in [0.15, 0.2) is 42.5 Å². The van der Waals surface area contributed by atoms with Gasteiger partial charge in [0.25, 0.3) is 0 Å². The first-order chi connectivity index (χ1) is 12.1. The summed E-state index contributed by atoms with van der Waals surface area (Å²) in [4.78, 5) is 25.4. The van der Waals surface area contributed by atoms with Crippen LogP contribution in [0.5, 0.6) is 0 Å². The molecule has 4 nitrogen and oxygen atoms in total. The van der Waals surface area contributed by atoms with Crippen molar-refractivity contribution >= 4 is 34.8 Å². The van der Waals surface area contributed by atoms with E-state index in [9.17, 15) is 22.8 Å². The fraction of sp³-hybridized carbons (Fsp3) is 0.222. The molecule has 0 aromatic heterocycles. The summed E-state index contributed by atoms with van der Waals surface area (Å²) >= 11 is 5.95. The maximum Gasteiger partial charge on any atom is 0.416 e. The number of halogens is 4. The first kappa shape index (κ1) is 19.8. The van der Waals surface area contributed by atoms with Gasteiger partial charge in [0, 0.05) is 23.3 Å². The van der Waals surface area contributed by atoms with Gasteiger partial charge >= 0.3 is 6.18 Å². The van der Waals surface area contributed by atoms with Gasteiger partial charge in [-0.2, -0.15) is 13.2 Å². The van der Waals surface area contributed by atoms with Crippen LogP contribution in [0.4, 0.5) is 24.5 Å². The number of carbonyl (C=O) groups excluding carboxylic acids is 2. The van der Waals surface area contributed by atoms with Crippen LogP contribution < -0.4 is 10.2 Å². The maximum absolute atomic E-state index is 12.7. The molecule has 0 aliphatic rings. The second kappa shape index (κ2) is 7.78. The second-order valence-corrected chi connectivity index (χ2v) is 6.10. The Morgan fingerprint density at radius 1 is 1.15 bits per heavy atom. The number of hydrogen-bond acceptors (Lipinski definition) is 2. The first-order valence-electron chi connectivity index (χ1n) is 7.59. The van der Waals surface area contributed by atoms with Crippen LogP contribution in [0.3, 0.4) is 0 Å². The van der Waals surface area contributed by atoms with Crippen LogP contribution in [0.25, 0.3) is 0 Å². The molecule has 138 valence electrons. The predicted molar refractivity (Wildman–Crippen MR) is 94.3 cm³/mol. The molecule has 2 rings (SSSR count). The second-order valence-electron chi connectivity index (χ2n) is 5.66. The van der Waals surface area contributed by atoms with E-state index in [0.717, 1.165) is 17.7 Å². The molecule has 1 N–H and O–H groups in total. The number of amides is 2. The van der Waals surface area contributed by atoms with Crippen molar-refractivity contribution in [3.63, 3.8) is 0 Å². The Morgan fingerprint density at radius 2 is 1.85 bits per heavy atom. The SMILES string of the molecule is CC(=O)N(CC(=O)Nc1cccc(C(F)(F)F)c1)c1cc(Cl)ccc1C. The highest BCUT2D eigenvalue weighted by Gasteiger charge is 2.30. The Labute approximate surface area is 153 Å². The Kier molecular flexibility index (Phi) is 5.92. The van der Waals surface area contributed by atoms with E-state index in [1.165, 1.54) is 24.0 Å². The van der Waals surface area contributed by atoms with Gasteiger partial charge in [0.1, 0.15) is 6.54 Å². The molecule has 8 heteroatoms. The standard InChI is InChI=1S/C18H16ClF3N2O2/c1-11-6-7-14(19)9-16(11)24(12(2)25)10-17(26)23-15-5-3-4-13(8-15)18(20,21)22/h3-9H,10H2,1-2H3,(H,23,26). The Morgan fingerprint density at radius 3 is 2.46 bits per heavy atom. The van der Waals surface area contributed by atoms with E-state index >= 15 is 0 Å².